The molecule has 0 atom stereocenters. The summed E-state index contributed by atoms with van der Waals surface area (Å²) in [6.45, 7) is 6.10. The Kier molecular flexibility index (Phi) is 7.57. The van der Waals surface area contributed by atoms with E-state index in [4.69, 9.17) is 14.5 Å². The van der Waals surface area contributed by atoms with E-state index in [-0.39, 0.29) is 17.2 Å². The van der Waals surface area contributed by atoms with Crippen LogP contribution in [0.4, 0.5) is 5.69 Å². The third-order valence-electron chi connectivity index (χ3n) is 5.35. The van der Waals surface area contributed by atoms with Gasteiger partial charge in [-0.3, -0.25) is 14.2 Å². The predicted octanol–water partition coefficient (Wildman–Crippen LogP) is 5.37. The van der Waals surface area contributed by atoms with Crippen LogP contribution < -0.4 is 20.3 Å². The second kappa shape index (κ2) is 10.8. The molecular formula is C26H25N3O4S2. The second-order valence-electron chi connectivity index (χ2n) is 7.70. The first-order chi connectivity index (χ1) is 16.9. The molecular weight excluding hydrogens is 482 g/mol. The van der Waals surface area contributed by atoms with Gasteiger partial charge in [-0.15, -0.1) is 17.9 Å². The molecule has 0 saturated heterocycles. The van der Waals surface area contributed by atoms with Gasteiger partial charge in [0.2, 0.25) is 5.91 Å². The van der Waals surface area contributed by atoms with Crippen molar-refractivity contribution in [2.75, 3.05) is 25.3 Å². The normalized spacial score (nSPS) is 10.8. The van der Waals surface area contributed by atoms with Gasteiger partial charge in [0.05, 0.1) is 31.0 Å². The number of aromatic nitrogens is 2. The standard InChI is InChI=1S/C26H25N3O4S2/c1-5-12-29-25(31)23-19(17-8-6-16(2)7-9-17)14-34-24(23)28-26(29)35-15-22(30)27-20-13-18(32-3)10-11-21(20)33-4/h5-11,13-14H,1,12,15H2,2-4H3,(H,27,30). The van der Waals surface area contributed by atoms with E-state index in [1.165, 1.54) is 30.2 Å². The first-order valence-electron chi connectivity index (χ1n) is 10.8. The number of carbonyl (C=O) groups is 1. The van der Waals surface area contributed by atoms with Crippen molar-refractivity contribution in [2.24, 2.45) is 0 Å². The van der Waals surface area contributed by atoms with Gasteiger partial charge < -0.3 is 14.8 Å². The Bertz CT molecular complexity index is 1440. The van der Waals surface area contributed by atoms with Gasteiger partial charge in [0.1, 0.15) is 16.3 Å². The molecule has 0 radical (unpaired) electrons. The van der Waals surface area contributed by atoms with E-state index >= 15 is 0 Å². The summed E-state index contributed by atoms with van der Waals surface area (Å²) in [5.74, 6) is 0.927. The lowest BCUT2D eigenvalue weighted by Gasteiger charge is -2.13. The molecule has 0 aliphatic rings. The molecule has 1 N–H and O–H groups in total. The minimum absolute atomic E-state index is 0.0612. The fourth-order valence-electron chi connectivity index (χ4n) is 3.58. The SMILES string of the molecule is C=CCn1c(SCC(=O)Nc2cc(OC)ccc2OC)nc2scc(-c3ccc(C)cc3)c2c1=O. The molecule has 1 amide bonds. The molecule has 0 unspecified atom stereocenters. The van der Waals surface area contributed by atoms with Crippen molar-refractivity contribution in [1.82, 2.24) is 9.55 Å². The molecule has 0 fully saturated rings. The first-order valence-corrected chi connectivity index (χ1v) is 12.7. The zero-order valence-electron chi connectivity index (χ0n) is 19.7. The second-order valence-corrected chi connectivity index (χ2v) is 9.50. The molecule has 0 aliphatic carbocycles. The number of benzene rings is 2. The lowest BCUT2D eigenvalue weighted by molar-refractivity contribution is -0.113. The molecule has 35 heavy (non-hydrogen) atoms. The number of hydrogen-bond donors (Lipinski definition) is 1. The number of thiophene rings is 1. The molecule has 0 aliphatic heterocycles. The lowest BCUT2D eigenvalue weighted by atomic mass is 10.1. The topological polar surface area (TPSA) is 82.5 Å². The summed E-state index contributed by atoms with van der Waals surface area (Å²) in [6.07, 6.45) is 1.65. The molecule has 2 aromatic heterocycles. The first kappa shape index (κ1) is 24.6. The largest absolute Gasteiger partial charge is 0.497 e. The number of carbonyl (C=O) groups excluding carboxylic acids is 1. The molecule has 2 heterocycles. The number of amides is 1. The maximum absolute atomic E-state index is 13.5. The van der Waals surface area contributed by atoms with E-state index in [1.54, 1.807) is 36.0 Å². The van der Waals surface area contributed by atoms with Crippen molar-refractivity contribution in [3.8, 4) is 22.6 Å². The van der Waals surface area contributed by atoms with Crippen LogP contribution in [-0.2, 0) is 11.3 Å². The van der Waals surface area contributed by atoms with Crippen LogP contribution in [-0.4, -0.2) is 35.4 Å². The summed E-state index contributed by atoms with van der Waals surface area (Å²) in [7, 11) is 3.09. The summed E-state index contributed by atoms with van der Waals surface area (Å²) in [4.78, 5) is 31.6. The number of thioether (sulfide) groups is 1. The lowest BCUT2D eigenvalue weighted by Crippen LogP contribution is -2.23. The summed E-state index contributed by atoms with van der Waals surface area (Å²) < 4.78 is 12.1. The third kappa shape index (κ3) is 5.26. The average Bonchev–Trinajstić information content (AvgIpc) is 3.29. The highest BCUT2D eigenvalue weighted by atomic mass is 32.2. The Morgan fingerprint density at radius 3 is 2.66 bits per heavy atom. The molecule has 0 saturated carbocycles. The molecule has 2 aromatic carbocycles. The smallest absolute Gasteiger partial charge is 0.263 e. The highest BCUT2D eigenvalue weighted by Crippen LogP contribution is 2.33. The molecule has 7 nitrogen and oxygen atoms in total. The number of methoxy groups -OCH3 is 2. The summed E-state index contributed by atoms with van der Waals surface area (Å²) in [5, 5.41) is 5.84. The number of nitrogens with one attached hydrogen (secondary N) is 1. The predicted molar refractivity (Wildman–Crippen MR) is 143 cm³/mol. The van der Waals surface area contributed by atoms with Crippen molar-refractivity contribution in [2.45, 2.75) is 18.6 Å². The van der Waals surface area contributed by atoms with Gasteiger partial charge in [0.15, 0.2) is 5.16 Å². The van der Waals surface area contributed by atoms with Crippen LogP contribution in [0.5, 0.6) is 11.5 Å². The van der Waals surface area contributed by atoms with Crippen LogP contribution in [0.25, 0.3) is 21.3 Å². The number of anilines is 1. The molecule has 180 valence electrons. The Hall–Kier alpha value is -3.56. The Morgan fingerprint density at radius 2 is 1.97 bits per heavy atom. The molecule has 4 rings (SSSR count). The monoisotopic (exact) mass is 507 g/mol. The number of fused-ring (bicyclic) bond motifs is 1. The van der Waals surface area contributed by atoms with E-state index in [0.29, 0.717) is 39.1 Å². The van der Waals surface area contributed by atoms with Gasteiger partial charge in [-0.2, -0.15) is 0 Å². The van der Waals surface area contributed by atoms with Gasteiger partial charge >= 0.3 is 0 Å². The van der Waals surface area contributed by atoms with Crippen LogP contribution in [0.1, 0.15) is 5.56 Å². The average molecular weight is 508 g/mol. The third-order valence-corrected chi connectivity index (χ3v) is 7.19. The number of allylic oxidation sites excluding steroid dienone is 1. The fourth-order valence-corrected chi connectivity index (χ4v) is 5.38. The number of hydrogen-bond acceptors (Lipinski definition) is 7. The number of nitrogens with zero attached hydrogens (tertiary/aromatic N) is 2. The molecule has 9 heteroatoms. The summed E-state index contributed by atoms with van der Waals surface area (Å²) in [5.41, 5.74) is 3.34. The number of rotatable bonds is 9. The quantitative estimate of drug-likeness (QED) is 0.186. The molecule has 0 spiro atoms. The zero-order valence-corrected chi connectivity index (χ0v) is 21.3. The Labute approximate surface area is 211 Å². The van der Waals surface area contributed by atoms with Crippen LogP contribution >= 0.6 is 23.1 Å². The van der Waals surface area contributed by atoms with E-state index < -0.39 is 0 Å². The van der Waals surface area contributed by atoms with Gasteiger partial charge in [0, 0.05) is 23.6 Å². The van der Waals surface area contributed by atoms with Crippen molar-refractivity contribution in [3.63, 3.8) is 0 Å². The van der Waals surface area contributed by atoms with E-state index in [0.717, 1.165) is 16.7 Å². The minimum Gasteiger partial charge on any atom is -0.497 e. The van der Waals surface area contributed by atoms with Crippen molar-refractivity contribution in [3.05, 3.63) is 76.4 Å². The van der Waals surface area contributed by atoms with Crippen LogP contribution in [0.2, 0.25) is 0 Å². The van der Waals surface area contributed by atoms with Crippen molar-refractivity contribution >= 4 is 44.9 Å². The van der Waals surface area contributed by atoms with Crippen molar-refractivity contribution in [1.29, 1.82) is 0 Å². The maximum atomic E-state index is 13.5. The van der Waals surface area contributed by atoms with Crippen LogP contribution in [0.3, 0.4) is 0 Å². The summed E-state index contributed by atoms with van der Waals surface area (Å²) >= 11 is 2.62. The number of ether oxygens (including phenoxy) is 2. The fraction of sp³-hybridized carbons (Fsp3) is 0.192. The minimum atomic E-state index is -0.257. The molecule has 0 bridgehead atoms. The van der Waals surface area contributed by atoms with E-state index in [1.807, 2.05) is 36.6 Å². The van der Waals surface area contributed by atoms with E-state index in [9.17, 15) is 9.59 Å². The van der Waals surface area contributed by atoms with Crippen LogP contribution in [0.15, 0.2) is 70.5 Å². The van der Waals surface area contributed by atoms with Crippen LogP contribution in [0, 0.1) is 6.92 Å². The number of aryl methyl sites for hydroxylation is 1. The summed E-state index contributed by atoms with van der Waals surface area (Å²) in [6, 6.07) is 13.2. The molecule has 4 aromatic rings. The maximum Gasteiger partial charge on any atom is 0.263 e. The van der Waals surface area contributed by atoms with Gasteiger partial charge in [0.25, 0.3) is 5.56 Å². The Morgan fingerprint density at radius 1 is 1.20 bits per heavy atom. The van der Waals surface area contributed by atoms with Crippen molar-refractivity contribution < 1.29 is 14.3 Å². The van der Waals surface area contributed by atoms with Gasteiger partial charge in [-0.05, 0) is 24.6 Å². The zero-order chi connectivity index (χ0) is 24.9. The highest BCUT2D eigenvalue weighted by molar-refractivity contribution is 7.99. The van der Waals surface area contributed by atoms with Gasteiger partial charge in [-0.25, -0.2) is 4.98 Å². The van der Waals surface area contributed by atoms with Gasteiger partial charge in [-0.1, -0.05) is 47.7 Å². The van der Waals surface area contributed by atoms with E-state index in [2.05, 4.69) is 11.9 Å². The highest BCUT2D eigenvalue weighted by Gasteiger charge is 2.18. The Balaban J connectivity index is 1.61.